The maximum absolute atomic E-state index is 13.1. The zero-order valence-corrected chi connectivity index (χ0v) is 16.6. The molecule has 6 nitrogen and oxygen atoms in total. The van der Waals surface area contributed by atoms with Gasteiger partial charge in [0.2, 0.25) is 0 Å². The van der Waals surface area contributed by atoms with Crippen LogP contribution in [-0.2, 0) is 4.74 Å². The van der Waals surface area contributed by atoms with Gasteiger partial charge in [-0.25, -0.2) is 4.98 Å². The Balaban J connectivity index is 0.00000121. The van der Waals surface area contributed by atoms with E-state index in [1.165, 1.54) is 6.42 Å². The lowest BCUT2D eigenvalue weighted by atomic mass is 9.78. The third-order valence-electron chi connectivity index (χ3n) is 5.77. The second kappa shape index (κ2) is 9.22. The van der Waals surface area contributed by atoms with Crippen LogP contribution < -0.4 is 10.2 Å². The van der Waals surface area contributed by atoms with Crippen LogP contribution in [0.2, 0.25) is 0 Å². The van der Waals surface area contributed by atoms with E-state index in [4.69, 9.17) is 4.74 Å². The summed E-state index contributed by atoms with van der Waals surface area (Å²) in [5, 5.41) is 3.48. The Morgan fingerprint density at radius 3 is 2.50 bits per heavy atom. The van der Waals surface area contributed by atoms with E-state index >= 15 is 0 Å². The molecule has 1 aromatic heterocycles. The number of piperidine rings is 1. The Labute approximate surface area is 167 Å². The molecule has 0 aromatic carbocycles. The van der Waals surface area contributed by atoms with Crippen molar-refractivity contribution in [3.63, 3.8) is 0 Å². The number of carbonyl (C=O) groups is 1. The van der Waals surface area contributed by atoms with Crippen molar-refractivity contribution in [2.45, 2.75) is 19.3 Å². The number of ether oxygens (including phenoxy) is 1. The zero-order valence-electron chi connectivity index (χ0n) is 15.0. The van der Waals surface area contributed by atoms with Crippen molar-refractivity contribution < 1.29 is 9.53 Å². The topological polar surface area (TPSA) is 57.7 Å². The third kappa shape index (κ3) is 4.25. The smallest absolute Gasteiger partial charge is 0.257 e. The van der Waals surface area contributed by atoms with Crippen LogP contribution in [-0.4, -0.2) is 68.3 Å². The van der Waals surface area contributed by atoms with Crippen LogP contribution in [0.25, 0.3) is 0 Å². The monoisotopic (exact) mass is 402 g/mol. The van der Waals surface area contributed by atoms with Gasteiger partial charge in [-0.1, -0.05) is 0 Å². The predicted molar refractivity (Wildman–Crippen MR) is 107 cm³/mol. The molecule has 8 heteroatoms. The summed E-state index contributed by atoms with van der Waals surface area (Å²) in [6.07, 6.45) is 5.25. The molecule has 0 atom stereocenters. The molecule has 0 radical (unpaired) electrons. The molecule has 0 bridgehead atoms. The van der Waals surface area contributed by atoms with E-state index in [0.29, 0.717) is 18.6 Å². The number of morpholine rings is 1. The molecule has 1 amide bonds. The maximum Gasteiger partial charge on any atom is 0.257 e. The first-order valence-corrected chi connectivity index (χ1v) is 9.05. The molecule has 4 heterocycles. The van der Waals surface area contributed by atoms with Crippen LogP contribution in [0.4, 0.5) is 5.82 Å². The number of nitrogens with zero attached hydrogens (tertiary/aromatic N) is 3. The molecular weight excluding hydrogens is 375 g/mol. The quantitative estimate of drug-likeness (QED) is 0.819. The van der Waals surface area contributed by atoms with Gasteiger partial charge in [0.05, 0.1) is 18.8 Å². The molecule has 1 aromatic rings. The van der Waals surface area contributed by atoms with Crippen molar-refractivity contribution in [3.05, 3.63) is 23.9 Å². The van der Waals surface area contributed by atoms with Gasteiger partial charge in [-0.3, -0.25) is 4.79 Å². The number of likely N-dealkylation sites (tertiary alicyclic amines) is 1. The van der Waals surface area contributed by atoms with Crippen molar-refractivity contribution in [2.75, 3.05) is 57.4 Å². The van der Waals surface area contributed by atoms with Crippen LogP contribution in [0.3, 0.4) is 0 Å². The minimum absolute atomic E-state index is 0. The van der Waals surface area contributed by atoms with Crippen LogP contribution in [0.15, 0.2) is 18.3 Å². The van der Waals surface area contributed by atoms with E-state index in [0.717, 1.165) is 63.5 Å². The number of anilines is 1. The van der Waals surface area contributed by atoms with Crippen LogP contribution in [0.1, 0.15) is 29.6 Å². The van der Waals surface area contributed by atoms with Gasteiger partial charge < -0.3 is 19.9 Å². The van der Waals surface area contributed by atoms with Crippen LogP contribution >= 0.6 is 24.8 Å². The first-order chi connectivity index (χ1) is 11.8. The summed E-state index contributed by atoms with van der Waals surface area (Å²) in [6.45, 7) is 6.94. The molecule has 0 unspecified atom stereocenters. The average molecular weight is 403 g/mol. The molecule has 26 heavy (non-hydrogen) atoms. The number of nitrogens with one attached hydrogen (secondary N) is 1. The molecule has 3 saturated heterocycles. The summed E-state index contributed by atoms with van der Waals surface area (Å²) >= 11 is 0. The second-order valence-electron chi connectivity index (χ2n) is 7.19. The first kappa shape index (κ1) is 21.2. The van der Waals surface area contributed by atoms with Gasteiger partial charge in [0, 0.05) is 38.9 Å². The molecule has 4 rings (SSSR count). The summed E-state index contributed by atoms with van der Waals surface area (Å²) in [5.74, 6) is 0.944. The lowest BCUT2D eigenvalue weighted by Crippen LogP contribution is -2.45. The van der Waals surface area contributed by atoms with Crippen molar-refractivity contribution >= 4 is 36.5 Å². The summed E-state index contributed by atoms with van der Waals surface area (Å²) in [4.78, 5) is 21.8. The fourth-order valence-corrected chi connectivity index (χ4v) is 4.17. The highest BCUT2D eigenvalue weighted by molar-refractivity contribution is 5.99. The van der Waals surface area contributed by atoms with Crippen molar-refractivity contribution in [1.29, 1.82) is 0 Å². The van der Waals surface area contributed by atoms with Crippen molar-refractivity contribution in [2.24, 2.45) is 5.41 Å². The molecule has 3 aliphatic rings. The molecule has 3 fully saturated rings. The van der Waals surface area contributed by atoms with Crippen LogP contribution in [0.5, 0.6) is 0 Å². The molecule has 1 spiro atoms. The lowest BCUT2D eigenvalue weighted by Gasteiger charge is -2.39. The van der Waals surface area contributed by atoms with E-state index in [-0.39, 0.29) is 30.7 Å². The van der Waals surface area contributed by atoms with Crippen molar-refractivity contribution in [3.8, 4) is 0 Å². The van der Waals surface area contributed by atoms with Crippen LogP contribution in [0, 0.1) is 5.41 Å². The summed E-state index contributed by atoms with van der Waals surface area (Å²) < 4.78 is 5.42. The Bertz CT molecular complexity index is 595. The second-order valence-corrected chi connectivity index (χ2v) is 7.19. The highest BCUT2D eigenvalue weighted by Crippen LogP contribution is 2.37. The Hall–Kier alpha value is -1.08. The SMILES string of the molecule is Cl.Cl.O=C(c1cccnc1N1CCOCC1)N1CCC2(CCNC2)CC1. The minimum Gasteiger partial charge on any atom is -0.378 e. The molecule has 0 saturated carbocycles. The largest absolute Gasteiger partial charge is 0.378 e. The van der Waals surface area contributed by atoms with E-state index < -0.39 is 0 Å². The molecule has 1 N–H and O–H groups in total. The number of halogens is 2. The summed E-state index contributed by atoms with van der Waals surface area (Å²) in [5.41, 5.74) is 1.17. The molecular formula is C18H28Cl2N4O2. The van der Waals surface area contributed by atoms with Gasteiger partial charge in [-0.2, -0.15) is 0 Å². The number of pyridine rings is 1. The number of aromatic nitrogens is 1. The predicted octanol–water partition coefficient (Wildman–Crippen LogP) is 1.98. The number of rotatable bonds is 2. The number of carbonyl (C=O) groups excluding carboxylic acids is 1. The van der Waals surface area contributed by atoms with E-state index in [1.54, 1.807) is 6.20 Å². The van der Waals surface area contributed by atoms with Gasteiger partial charge >= 0.3 is 0 Å². The van der Waals surface area contributed by atoms with Gasteiger partial charge in [-0.15, -0.1) is 24.8 Å². The lowest BCUT2D eigenvalue weighted by molar-refractivity contribution is 0.0607. The fraction of sp³-hybridized carbons (Fsp3) is 0.667. The van der Waals surface area contributed by atoms with Crippen molar-refractivity contribution in [1.82, 2.24) is 15.2 Å². The van der Waals surface area contributed by atoms with E-state index in [2.05, 4.69) is 15.2 Å². The highest BCUT2D eigenvalue weighted by atomic mass is 35.5. The van der Waals surface area contributed by atoms with E-state index in [9.17, 15) is 4.79 Å². The Morgan fingerprint density at radius 2 is 1.85 bits per heavy atom. The normalized spacial score (nSPS) is 21.8. The van der Waals surface area contributed by atoms with Gasteiger partial charge in [0.15, 0.2) is 0 Å². The number of hydrogen-bond donors (Lipinski definition) is 1. The third-order valence-corrected chi connectivity index (χ3v) is 5.77. The first-order valence-electron chi connectivity index (χ1n) is 9.05. The number of hydrogen-bond acceptors (Lipinski definition) is 5. The van der Waals surface area contributed by atoms with Gasteiger partial charge in [0.25, 0.3) is 5.91 Å². The summed E-state index contributed by atoms with van der Waals surface area (Å²) in [6, 6.07) is 3.78. The zero-order chi connectivity index (χ0) is 16.4. The van der Waals surface area contributed by atoms with Gasteiger partial charge in [0.1, 0.15) is 5.82 Å². The average Bonchev–Trinajstić information content (AvgIpc) is 3.10. The van der Waals surface area contributed by atoms with E-state index in [1.807, 2.05) is 17.0 Å². The Kier molecular flexibility index (Phi) is 7.52. The van der Waals surface area contributed by atoms with Gasteiger partial charge in [-0.05, 0) is 43.4 Å². The molecule has 3 aliphatic heterocycles. The number of amides is 1. The minimum atomic E-state index is 0. The Morgan fingerprint density at radius 1 is 1.12 bits per heavy atom. The fourth-order valence-electron chi connectivity index (χ4n) is 4.17. The molecule has 0 aliphatic carbocycles. The standard InChI is InChI=1S/C18H26N4O2.2ClH/c23-17(22-8-4-18(5-9-22)3-7-19-14-18)15-2-1-6-20-16(15)21-10-12-24-13-11-21;;/h1-2,6,19H,3-5,7-14H2;2*1H. The maximum atomic E-state index is 13.1. The molecule has 146 valence electrons. The summed E-state index contributed by atoms with van der Waals surface area (Å²) in [7, 11) is 0. The highest BCUT2D eigenvalue weighted by Gasteiger charge is 2.38.